The average molecular weight is 250 g/mol. The van der Waals surface area contributed by atoms with Gasteiger partial charge in [0.05, 0.1) is 0 Å². The fourth-order valence-electron chi connectivity index (χ4n) is 2.02. The first-order valence-corrected chi connectivity index (χ1v) is 6.94. The number of hydrogen-bond donors (Lipinski definition) is 2. The van der Waals surface area contributed by atoms with E-state index < -0.39 is 0 Å². The molecule has 0 aromatic carbocycles. The van der Waals surface area contributed by atoms with E-state index in [2.05, 4.69) is 16.8 Å². The molecule has 1 aliphatic rings. The van der Waals surface area contributed by atoms with Crippen molar-refractivity contribution in [3.63, 3.8) is 0 Å². The van der Waals surface area contributed by atoms with Crippen LogP contribution >= 0.6 is 11.8 Å². The van der Waals surface area contributed by atoms with Crippen LogP contribution in [0.1, 0.15) is 18.2 Å². The van der Waals surface area contributed by atoms with E-state index in [9.17, 15) is 0 Å². The molecule has 0 spiro atoms. The van der Waals surface area contributed by atoms with E-state index in [0.717, 1.165) is 18.7 Å². The number of thioether (sulfide) groups is 1. The molecule has 5 heteroatoms. The Morgan fingerprint density at radius 3 is 3.24 bits per heavy atom. The van der Waals surface area contributed by atoms with Crippen LogP contribution in [0.2, 0.25) is 0 Å². The van der Waals surface area contributed by atoms with Crippen molar-refractivity contribution >= 4 is 17.6 Å². The number of pyridine rings is 1. The second kappa shape index (κ2) is 5.51. The molecule has 0 bridgehead atoms. The minimum absolute atomic E-state index is 0.0552. The molecule has 1 saturated heterocycles. The van der Waals surface area contributed by atoms with E-state index in [1.165, 1.54) is 11.5 Å². The molecule has 92 valence electrons. The highest BCUT2D eigenvalue weighted by atomic mass is 32.2. The standard InChI is InChI=1S/C12H18N4S/c1-9-8-17-6-5-16(9)7-10-3-2-4-15-11(10)12(13)14/h2-4,9H,5-8H2,1H3,(H3,13,14). The number of hydrogen-bond acceptors (Lipinski definition) is 4. The van der Waals surface area contributed by atoms with Gasteiger partial charge >= 0.3 is 0 Å². The Morgan fingerprint density at radius 2 is 2.53 bits per heavy atom. The SMILES string of the molecule is CC1CSCCN1Cc1cccnc1C(=N)N. The van der Waals surface area contributed by atoms with Crippen LogP contribution in [0.3, 0.4) is 0 Å². The van der Waals surface area contributed by atoms with E-state index >= 15 is 0 Å². The van der Waals surface area contributed by atoms with Crippen LogP contribution in [0.25, 0.3) is 0 Å². The predicted octanol–water partition coefficient (Wildman–Crippen LogP) is 1.30. The lowest BCUT2D eigenvalue weighted by Crippen LogP contribution is -2.40. The molecule has 1 aromatic heterocycles. The maximum atomic E-state index is 7.54. The molecule has 3 N–H and O–H groups in total. The van der Waals surface area contributed by atoms with Crippen molar-refractivity contribution in [2.24, 2.45) is 5.73 Å². The summed E-state index contributed by atoms with van der Waals surface area (Å²) in [4.78, 5) is 6.62. The highest BCUT2D eigenvalue weighted by Crippen LogP contribution is 2.19. The Bertz CT molecular complexity index is 407. The van der Waals surface area contributed by atoms with Crippen LogP contribution in [0.4, 0.5) is 0 Å². The summed E-state index contributed by atoms with van der Waals surface area (Å²) in [6.45, 7) is 4.18. The molecular formula is C12H18N4S. The molecule has 0 aliphatic carbocycles. The van der Waals surface area contributed by atoms with Gasteiger partial charge in [-0.05, 0) is 18.6 Å². The maximum Gasteiger partial charge on any atom is 0.142 e. The molecule has 4 nitrogen and oxygen atoms in total. The molecule has 1 fully saturated rings. The zero-order valence-electron chi connectivity index (χ0n) is 10.0. The summed E-state index contributed by atoms with van der Waals surface area (Å²) < 4.78 is 0. The summed E-state index contributed by atoms with van der Waals surface area (Å²) in [6, 6.07) is 4.50. The monoisotopic (exact) mass is 250 g/mol. The minimum atomic E-state index is 0.0552. The van der Waals surface area contributed by atoms with E-state index in [0.29, 0.717) is 11.7 Å². The van der Waals surface area contributed by atoms with Crippen LogP contribution in [0.15, 0.2) is 18.3 Å². The van der Waals surface area contributed by atoms with Crippen molar-refractivity contribution in [3.8, 4) is 0 Å². The van der Waals surface area contributed by atoms with Gasteiger partial charge in [0, 0.05) is 36.8 Å². The van der Waals surface area contributed by atoms with E-state index in [-0.39, 0.29) is 5.84 Å². The first kappa shape index (κ1) is 12.4. The molecule has 0 amide bonds. The third kappa shape index (κ3) is 2.98. The number of nitrogens with two attached hydrogens (primary N) is 1. The highest BCUT2D eigenvalue weighted by Gasteiger charge is 2.20. The summed E-state index contributed by atoms with van der Waals surface area (Å²) in [5.74, 6) is 2.41. The summed E-state index contributed by atoms with van der Waals surface area (Å²) in [5, 5.41) is 7.54. The van der Waals surface area contributed by atoms with Gasteiger partial charge in [-0.2, -0.15) is 11.8 Å². The largest absolute Gasteiger partial charge is 0.382 e. The third-order valence-electron chi connectivity index (χ3n) is 3.03. The molecule has 2 heterocycles. The Hall–Kier alpha value is -1.07. The van der Waals surface area contributed by atoms with Gasteiger partial charge in [-0.1, -0.05) is 6.07 Å². The van der Waals surface area contributed by atoms with Crippen molar-refractivity contribution in [2.45, 2.75) is 19.5 Å². The first-order chi connectivity index (χ1) is 8.18. The number of nitrogen functional groups attached to an aromatic ring is 1. The first-order valence-electron chi connectivity index (χ1n) is 5.78. The number of nitrogens with zero attached hydrogens (tertiary/aromatic N) is 2. The average Bonchev–Trinajstić information content (AvgIpc) is 2.32. The summed E-state index contributed by atoms with van der Waals surface area (Å²) in [7, 11) is 0. The topological polar surface area (TPSA) is 66.0 Å². The smallest absolute Gasteiger partial charge is 0.142 e. The number of aromatic nitrogens is 1. The Morgan fingerprint density at radius 1 is 1.71 bits per heavy atom. The zero-order chi connectivity index (χ0) is 12.3. The fourth-order valence-corrected chi connectivity index (χ4v) is 3.11. The highest BCUT2D eigenvalue weighted by molar-refractivity contribution is 7.99. The van der Waals surface area contributed by atoms with Crippen molar-refractivity contribution in [1.82, 2.24) is 9.88 Å². The molecule has 0 saturated carbocycles. The maximum absolute atomic E-state index is 7.54. The molecule has 1 aromatic rings. The van der Waals surface area contributed by atoms with Crippen LogP contribution in [-0.4, -0.2) is 39.8 Å². The lowest BCUT2D eigenvalue weighted by atomic mass is 10.1. The predicted molar refractivity (Wildman–Crippen MR) is 72.5 cm³/mol. The second-order valence-corrected chi connectivity index (χ2v) is 5.47. The van der Waals surface area contributed by atoms with Gasteiger partial charge < -0.3 is 5.73 Å². The molecule has 0 radical (unpaired) electrons. The lowest BCUT2D eigenvalue weighted by molar-refractivity contribution is 0.223. The van der Waals surface area contributed by atoms with Gasteiger partial charge in [-0.3, -0.25) is 15.3 Å². The molecular weight excluding hydrogens is 232 g/mol. The van der Waals surface area contributed by atoms with E-state index in [1.807, 2.05) is 23.9 Å². The Labute approximate surface area is 106 Å². The van der Waals surface area contributed by atoms with E-state index in [1.54, 1.807) is 6.20 Å². The number of rotatable bonds is 3. The van der Waals surface area contributed by atoms with Gasteiger partial charge in [-0.15, -0.1) is 0 Å². The van der Waals surface area contributed by atoms with Crippen LogP contribution in [-0.2, 0) is 6.54 Å². The molecule has 1 atom stereocenters. The van der Waals surface area contributed by atoms with Crippen molar-refractivity contribution in [3.05, 3.63) is 29.6 Å². The van der Waals surface area contributed by atoms with Gasteiger partial charge in [0.2, 0.25) is 0 Å². The Balaban J connectivity index is 2.14. The van der Waals surface area contributed by atoms with Gasteiger partial charge in [0.25, 0.3) is 0 Å². The second-order valence-electron chi connectivity index (χ2n) is 4.32. The van der Waals surface area contributed by atoms with Crippen molar-refractivity contribution in [2.75, 3.05) is 18.1 Å². The summed E-state index contributed by atoms with van der Waals surface area (Å²) in [5.41, 5.74) is 7.23. The third-order valence-corrected chi connectivity index (χ3v) is 4.21. The van der Waals surface area contributed by atoms with Crippen LogP contribution in [0, 0.1) is 5.41 Å². The minimum Gasteiger partial charge on any atom is -0.382 e. The normalized spacial score (nSPS) is 21.4. The molecule has 2 rings (SSSR count). The van der Waals surface area contributed by atoms with Crippen LogP contribution < -0.4 is 5.73 Å². The number of amidine groups is 1. The van der Waals surface area contributed by atoms with Gasteiger partial charge in [0.1, 0.15) is 11.5 Å². The molecule has 1 unspecified atom stereocenters. The van der Waals surface area contributed by atoms with E-state index in [4.69, 9.17) is 11.1 Å². The molecule has 1 aliphatic heterocycles. The lowest BCUT2D eigenvalue weighted by Gasteiger charge is -2.33. The summed E-state index contributed by atoms with van der Waals surface area (Å²) >= 11 is 2.00. The van der Waals surface area contributed by atoms with Crippen LogP contribution in [0.5, 0.6) is 0 Å². The fraction of sp³-hybridized carbons (Fsp3) is 0.500. The summed E-state index contributed by atoms with van der Waals surface area (Å²) in [6.07, 6.45) is 1.69. The quantitative estimate of drug-likeness (QED) is 0.627. The Kier molecular flexibility index (Phi) is 4.02. The van der Waals surface area contributed by atoms with Crippen molar-refractivity contribution < 1.29 is 0 Å². The molecule has 17 heavy (non-hydrogen) atoms. The van der Waals surface area contributed by atoms with Gasteiger partial charge in [-0.25, -0.2) is 0 Å². The van der Waals surface area contributed by atoms with Gasteiger partial charge in [0.15, 0.2) is 0 Å². The zero-order valence-corrected chi connectivity index (χ0v) is 10.8. The number of nitrogens with one attached hydrogen (secondary N) is 1. The van der Waals surface area contributed by atoms with Crippen molar-refractivity contribution in [1.29, 1.82) is 5.41 Å².